The van der Waals surface area contributed by atoms with E-state index in [1.54, 1.807) is 12.1 Å². The molecule has 1 heterocycles. The summed E-state index contributed by atoms with van der Waals surface area (Å²) >= 11 is 2.53. The molecule has 160 valence electrons. The topological polar surface area (TPSA) is 123 Å². The standard InChI is InChI=1S/C20H15IN2O6S2/c21-15-7-11-17(12-8-15)31(28,29)20(18(24)22-19(25)30-20)13-3-1-2-4-14-5-9-16(10-6-14)23(26)27/h5-12H,1,3,13H2,(H,22,24,25). The van der Waals surface area contributed by atoms with E-state index in [1.165, 1.54) is 36.4 Å². The summed E-state index contributed by atoms with van der Waals surface area (Å²) in [4.78, 5) is 34.5. The van der Waals surface area contributed by atoms with Gasteiger partial charge in [0, 0.05) is 27.7 Å². The molecule has 31 heavy (non-hydrogen) atoms. The quantitative estimate of drug-likeness (QED) is 0.184. The fourth-order valence-electron chi connectivity index (χ4n) is 2.93. The lowest BCUT2D eigenvalue weighted by atomic mass is 10.1. The summed E-state index contributed by atoms with van der Waals surface area (Å²) in [7, 11) is -4.14. The third-order valence-corrected chi connectivity index (χ3v) is 9.28. The van der Waals surface area contributed by atoms with Crippen LogP contribution in [0.15, 0.2) is 53.4 Å². The van der Waals surface area contributed by atoms with Crippen molar-refractivity contribution in [2.75, 3.05) is 0 Å². The van der Waals surface area contributed by atoms with Crippen LogP contribution in [0.2, 0.25) is 0 Å². The van der Waals surface area contributed by atoms with Gasteiger partial charge in [0.05, 0.1) is 9.82 Å². The van der Waals surface area contributed by atoms with Crippen molar-refractivity contribution in [3.05, 3.63) is 67.8 Å². The lowest BCUT2D eigenvalue weighted by Gasteiger charge is -2.24. The molecular weight excluding hydrogens is 555 g/mol. The molecule has 1 fully saturated rings. The van der Waals surface area contributed by atoms with E-state index in [9.17, 15) is 28.1 Å². The molecule has 11 heteroatoms. The molecule has 1 atom stereocenters. The second-order valence-electron chi connectivity index (χ2n) is 6.51. The summed E-state index contributed by atoms with van der Waals surface area (Å²) < 4.78 is 25.4. The molecule has 2 aromatic carbocycles. The lowest BCUT2D eigenvalue weighted by molar-refractivity contribution is -0.384. The number of thioether (sulfide) groups is 1. The van der Waals surface area contributed by atoms with Crippen molar-refractivity contribution in [2.24, 2.45) is 0 Å². The van der Waals surface area contributed by atoms with Crippen LogP contribution in [0.4, 0.5) is 10.5 Å². The van der Waals surface area contributed by atoms with Crippen LogP contribution in [0.1, 0.15) is 24.8 Å². The molecule has 1 aliphatic rings. The van der Waals surface area contributed by atoms with Gasteiger partial charge >= 0.3 is 0 Å². The van der Waals surface area contributed by atoms with Gasteiger partial charge in [0.2, 0.25) is 13.9 Å². The lowest BCUT2D eigenvalue weighted by Crippen LogP contribution is -2.43. The zero-order chi connectivity index (χ0) is 22.6. The molecule has 0 bridgehead atoms. The number of benzene rings is 2. The smallest absolute Gasteiger partial charge is 0.285 e. The SMILES string of the molecule is O=C1NC(=O)C(CCCC#Cc2ccc([N+](=O)[O-])cc2)(S(=O)(=O)c2ccc(I)cc2)S1. The van der Waals surface area contributed by atoms with E-state index in [2.05, 4.69) is 17.2 Å². The first kappa shape index (κ1) is 23.2. The van der Waals surface area contributed by atoms with Gasteiger partial charge in [-0.25, -0.2) is 8.42 Å². The molecule has 1 aliphatic heterocycles. The molecule has 1 saturated heterocycles. The van der Waals surface area contributed by atoms with Crippen molar-refractivity contribution in [2.45, 2.75) is 28.2 Å². The van der Waals surface area contributed by atoms with Gasteiger partial charge in [-0.15, -0.1) is 0 Å². The van der Waals surface area contributed by atoms with E-state index < -0.39 is 30.0 Å². The Balaban J connectivity index is 1.76. The number of unbranched alkanes of at least 4 members (excludes halogenated alkanes) is 1. The Morgan fingerprint density at radius 3 is 2.29 bits per heavy atom. The minimum atomic E-state index is -4.14. The number of nitro benzene ring substituents is 1. The van der Waals surface area contributed by atoms with Gasteiger partial charge < -0.3 is 0 Å². The number of nitro groups is 1. The number of non-ortho nitro benzene ring substituents is 1. The number of rotatable bonds is 6. The molecule has 2 amide bonds. The van der Waals surface area contributed by atoms with Gasteiger partial charge in [0.25, 0.3) is 16.8 Å². The van der Waals surface area contributed by atoms with Gasteiger partial charge in [-0.2, -0.15) is 0 Å². The first-order valence-electron chi connectivity index (χ1n) is 8.94. The highest BCUT2D eigenvalue weighted by atomic mass is 127. The first-order valence-corrected chi connectivity index (χ1v) is 12.3. The van der Waals surface area contributed by atoms with Crippen LogP contribution in [-0.2, 0) is 14.6 Å². The molecule has 3 rings (SSSR count). The van der Waals surface area contributed by atoms with Crippen molar-refractivity contribution >= 4 is 61.0 Å². The monoisotopic (exact) mass is 570 g/mol. The number of nitrogens with zero attached hydrogens (tertiary/aromatic N) is 1. The fourth-order valence-corrected chi connectivity index (χ4v) is 6.66. The van der Waals surface area contributed by atoms with Crippen molar-refractivity contribution in [3.8, 4) is 11.8 Å². The van der Waals surface area contributed by atoms with E-state index in [4.69, 9.17) is 0 Å². The largest absolute Gasteiger partial charge is 0.287 e. The number of halogens is 1. The number of hydrogen-bond acceptors (Lipinski definition) is 7. The number of nitrogens with one attached hydrogen (secondary N) is 1. The Labute approximate surface area is 196 Å². The Hall–Kier alpha value is -2.43. The van der Waals surface area contributed by atoms with Crippen molar-refractivity contribution in [3.63, 3.8) is 0 Å². The summed E-state index contributed by atoms with van der Waals surface area (Å²) in [5.74, 6) is 4.88. The Morgan fingerprint density at radius 1 is 1.10 bits per heavy atom. The second kappa shape index (κ2) is 9.37. The molecule has 0 aromatic heterocycles. The van der Waals surface area contributed by atoms with Crippen molar-refractivity contribution in [1.82, 2.24) is 5.32 Å². The summed E-state index contributed by atoms with van der Waals surface area (Å²) in [6.45, 7) is 0. The van der Waals surface area contributed by atoms with Gasteiger partial charge in [-0.3, -0.25) is 25.0 Å². The van der Waals surface area contributed by atoms with Crippen LogP contribution in [-0.4, -0.2) is 28.6 Å². The second-order valence-corrected chi connectivity index (χ2v) is 11.5. The van der Waals surface area contributed by atoms with Crippen LogP contribution in [0, 0.1) is 25.5 Å². The number of carbonyl (C=O) groups is 2. The molecule has 1 N–H and O–H groups in total. The van der Waals surface area contributed by atoms with Crippen LogP contribution in [0.5, 0.6) is 0 Å². The minimum Gasteiger partial charge on any atom is -0.285 e. The average Bonchev–Trinajstić information content (AvgIpc) is 3.03. The van der Waals surface area contributed by atoms with Gasteiger partial charge in [-0.05, 0) is 83.6 Å². The van der Waals surface area contributed by atoms with Gasteiger partial charge in [0.1, 0.15) is 0 Å². The maximum Gasteiger partial charge on any atom is 0.287 e. The number of amides is 2. The third kappa shape index (κ3) is 4.91. The Bertz CT molecular complexity index is 1200. The molecule has 2 aromatic rings. The van der Waals surface area contributed by atoms with Crippen LogP contribution in [0.25, 0.3) is 0 Å². The molecule has 1 unspecified atom stereocenters. The van der Waals surface area contributed by atoms with E-state index in [1.807, 2.05) is 22.6 Å². The maximum atomic E-state index is 13.3. The van der Waals surface area contributed by atoms with E-state index in [0.29, 0.717) is 17.3 Å². The highest BCUT2D eigenvalue weighted by Gasteiger charge is 2.57. The Kier molecular flexibility index (Phi) is 7.03. The molecule has 0 spiro atoms. The molecule has 0 radical (unpaired) electrons. The predicted octanol–water partition coefficient (Wildman–Crippen LogP) is 3.87. The predicted molar refractivity (Wildman–Crippen MR) is 124 cm³/mol. The van der Waals surface area contributed by atoms with Crippen LogP contribution >= 0.6 is 34.4 Å². The molecule has 0 saturated carbocycles. The fraction of sp³-hybridized carbons (Fsp3) is 0.200. The first-order chi connectivity index (χ1) is 14.7. The highest BCUT2D eigenvalue weighted by Crippen LogP contribution is 2.44. The van der Waals surface area contributed by atoms with Crippen molar-refractivity contribution < 1.29 is 22.9 Å². The van der Waals surface area contributed by atoms with Crippen LogP contribution in [0.3, 0.4) is 0 Å². The number of carbonyl (C=O) groups excluding carboxylic acids is 2. The minimum absolute atomic E-state index is 0.0257. The number of imide groups is 1. The summed E-state index contributed by atoms with van der Waals surface area (Å²) in [5.41, 5.74) is 0.539. The number of hydrogen-bond donors (Lipinski definition) is 1. The summed E-state index contributed by atoms with van der Waals surface area (Å²) in [6.07, 6.45) is 0.457. The van der Waals surface area contributed by atoms with E-state index in [-0.39, 0.29) is 29.8 Å². The number of sulfone groups is 1. The van der Waals surface area contributed by atoms with Crippen molar-refractivity contribution in [1.29, 1.82) is 0 Å². The zero-order valence-electron chi connectivity index (χ0n) is 15.8. The maximum absolute atomic E-state index is 13.3. The van der Waals surface area contributed by atoms with E-state index >= 15 is 0 Å². The van der Waals surface area contributed by atoms with Gasteiger partial charge in [-0.1, -0.05) is 11.8 Å². The Morgan fingerprint density at radius 2 is 1.74 bits per heavy atom. The average molecular weight is 570 g/mol. The van der Waals surface area contributed by atoms with Crippen LogP contribution < -0.4 is 5.32 Å². The summed E-state index contributed by atoms with van der Waals surface area (Å²) in [5, 5.41) is 12.1. The zero-order valence-corrected chi connectivity index (χ0v) is 19.6. The molecule has 0 aliphatic carbocycles. The van der Waals surface area contributed by atoms with E-state index in [0.717, 1.165) is 3.57 Å². The van der Waals surface area contributed by atoms with Gasteiger partial charge in [0.15, 0.2) is 0 Å². The summed E-state index contributed by atoms with van der Waals surface area (Å²) in [6, 6.07) is 11.8. The normalized spacial score (nSPS) is 18.2. The third-order valence-electron chi connectivity index (χ3n) is 4.50. The highest BCUT2D eigenvalue weighted by molar-refractivity contribution is 14.1. The molecular formula is C20H15IN2O6S2. The molecule has 8 nitrogen and oxygen atoms in total.